The van der Waals surface area contributed by atoms with Gasteiger partial charge in [0.15, 0.2) is 0 Å². The SMILES string of the molecule is CCN(CC)c1ccc(S(=O)(=O)N(CC)CC)cc1NCc1nc(-c2ccsc2)no1. The van der Waals surface area contributed by atoms with E-state index in [2.05, 4.69) is 34.2 Å². The minimum Gasteiger partial charge on any atom is -0.374 e. The lowest BCUT2D eigenvalue weighted by atomic mass is 10.2. The van der Waals surface area contributed by atoms with Gasteiger partial charge in [-0.1, -0.05) is 19.0 Å². The lowest BCUT2D eigenvalue weighted by molar-refractivity contribution is 0.384. The largest absolute Gasteiger partial charge is 0.374 e. The molecule has 31 heavy (non-hydrogen) atoms. The number of nitrogens with one attached hydrogen (secondary N) is 1. The van der Waals surface area contributed by atoms with E-state index < -0.39 is 10.0 Å². The quantitative estimate of drug-likeness (QED) is 0.454. The third-order valence-electron chi connectivity index (χ3n) is 5.09. The van der Waals surface area contributed by atoms with Crippen molar-refractivity contribution < 1.29 is 12.9 Å². The van der Waals surface area contributed by atoms with Crippen molar-refractivity contribution in [2.75, 3.05) is 36.4 Å². The van der Waals surface area contributed by atoms with Gasteiger partial charge in [-0.3, -0.25) is 0 Å². The van der Waals surface area contributed by atoms with E-state index in [9.17, 15) is 8.42 Å². The molecule has 0 amide bonds. The summed E-state index contributed by atoms with van der Waals surface area (Å²) in [5, 5.41) is 11.3. The number of anilines is 2. The number of nitrogens with zero attached hydrogens (tertiary/aromatic N) is 4. The Labute approximate surface area is 187 Å². The molecule has 0 aliphatic carbocycles. The highest BCUT2D eigenvalue weighted by Gasteiger charge is 2.23. The zero-order chi connectivity index (χ0) is 22.4. The average molecular weight is 464 g/mol. The van der Waals surface area contributed by atoms with Crippen molar-refractivity contribution in [3.05, 3.63) is 40.9 Å². The highest BCUT2D eigenvalue weighted by atomic mass is 32.2. The van der Waals surface area contributed by atoms with Gasteiger partial charge in [0.2, 0.25) is 21.7 Å². The van der Waals surface area contributed by atoms with Gasteiger partial charge < -0.3 is 14.7 Å². The summed E-state index contributed by atoms with van der Waals surface area (Å²) in [5.41, 5.74) is 2.56. The van der Waals surface area contributed by atoms with E-state index in [0.29, 0.717) is 37.0 Å². The Morgan fingerprint density at radius 1 is 1.06 bits per heavy atom. The van der Waals surface area contributed by atoms with Crippen molar-refractivity contribution >= 4 is 32.7 Å². The fraction of sp³-hybridized carbons (Fsp3) is 0.429. The topological polar surface area (TPSA) is 91.6 Å². The molecule has 0 saturated heterocycles. The standard InChI is InChI=1S/C21H29N5O3S2/c1-5-25(6-2)19-10-9-17(31(27,28)26(7-3)8-4)13-18(19)22-14-20-23-21(24-29-20)16-11-12-30-15-16/h9-13,15,22H,5-8,14H2,1-4H3. The van der Waals surface area contributed by atoms with Gasteiger partial charge >= 0.3 is 0 Å². The monoisotopic (exact) mass is 463 g/mol. The van der Waals surface area contributed by atoms with Crippen LogP contribution in [0, 0.1) is 0 Å². The van der Waals surface area contributed by atoms with Gasteiger partial charge in [0.05, 0.1) is 22.8 Å². The van der Waals surface area contributed by atoms with Crippen LogP contribution in [0.2, 0.25) is 0 Å². The lowest BCUT2D eigenvalue weighted by Crippen LogP contribution is -2.31. The molecule has 0 aliphatic rings. The van der Waals surface area contributed by atoms with Gasteiger partial charge in [0.1, 0.15) is 0 Å². The molecule has 10 heteroatoms. The minimum atomic E-state index is -3.56. The molecule has 0 aliphatic heterocycles. The molecule has 2 aromatic heterocycles. The van der Waals surface area contributed by atoms with Gasteiger partial charge in [0.25, 0.3) is 0 Å². The molecule has 3 aromatic rings. The van der Waals surface area contributed by atoms with E-state index >= 15 is 0 Å². The summed E-state index contributed by atoms with van der Waals surface area (Å²) >= 11 is 1.57. The first-order chi connectivity index (χ1) is 14.9. The summed E-state index contributed by atoms with van der Waals surface area (Å²) in [5.74, 6) is 0.976. The zero-order valence-corrected chi connectivity index (χ0v) is 20.0. The maximum absolute atomic E-state index is 13.0. The van der Waals surface area contributed by atoms with E-state index in [-0.39, 0.29) is 4.90 Å². The average Bonchev–Trinajstić information content (AvgIpc) is 3.46. The third-order valence-corrected chi connectivity index (χ3v) is 7.82. The molecule has 0 spiro atoms. The van der Waals surface area contributed by atoms with Crippen LogP contribution < -0.4 is 10.2 Å². The van der Waals surface area contributed by atoms with Gasteiger partial charge in [-0.15, -0.1) is 0 Å². The maximum Gasteiger partial charge on any atom is 0.246 e. The molecule has 0 bridgehead atoms. The maximum atomic E-state index is 13.0. The Hall–Kier alpha value is -2.43. The van der Waals surface area contributed by atoms with Crippen molar-refractivity contribution in [2.24, 2.45) is 0 Å². The molecule has 0 saturated carbocycles. The molecule has 168 valence electrons. The second kappa shape index (κ2) is 10.3. The number of aromatic nitrogens is 2. The third kappa shape index (κ3) is 5.08. The molecule has 1 N–H and O–H groups in total. The van der Waals surface area contributed by atoms with Crippen molar-refractivity contribution in [2.45, 2.75) is 39.1 Å². The molecular formula is C21H29N5O3S2. The fourth-order valence-corrected chi connectivity index (χ4v) is 5.50. The highest BCUT2D eigenvalue weighted by Crippen LogP contribution is 2.31. The van der Waals surface area contributed by atoms with Crippen molar-refractivity contribution in [3.63, 3.8) is 0 Å². The van der Waals surface area contributed by atoms with Gasteiger partial charge in [0, 0.05) is 37.1 Å². The van der Waals surface area contributed by atoms with Crippen molar-refractivity contribution in [3.8, 4) is 11.4 Å². The number of rotatable bonds is 11. The van der Waals surface area contributed by atoms with Crippen molar-refractivity contribution in [1.82, 2.24) is 14.4 Å². The van der Waals surface area contributed by atoms with Crippen LogP contribution in [0.1, 0.15) is 33.6 Å². The van der Waals surface area contributed by atoms with E-state index in [0.717, 1.165) is 24.3 Å². The highest BCUT2D eigenvalue weighted by molar-refractivity contribution is 7.89. The normalized spacial score (nSPS) is 11.8. The summed E-state index contributed by atoms with van der Waals surface area (Å²) in [6, 6.07) is 7.16. The summed E-state index contributed by atoms with van der Waals surface area (Å²) in [7, 11) is -3.56. The van der Waals surface area contributed by atoms with Crippen LogP contribution in [0.25, 0.3) is 11.4 Å². The lowest BCUT2D eigenvalue weighted by Gasteiger charge is -2.26. The first-order valence-electron chi connectivity index (χ1n) is 10.4. The van der Waals surface area contributed by atoms with Crippen LogP contribution in [-0.2, 0) is 16.6 Å². The molecule has 2 heterocycles. The molecule has 0 atom stereocenters. The van der Waals surface area contributed by atoms with Crippen LogP contribution in [0.4, 0.5) is 11.4 Å². The van der Waals surface area contributed by atoms with Crippen LogP contribution in [0.5, 0.6) is 0 Å². The van der Waals surface area contributed by atoms with Crippen LogP contribution in [0.3, 0.4) is 0 Å². The summed E-state index contributed by atoms with van der Waals surface area (Å²) in [6.45, 7) is 10.6. The second-order valence-electron chi connectivity index (χ2n) is 6.82. The van der Waals surface area contributed by atoms with E-state index in [1.165, 1.54) is 4.31 Å². The van der Waals surface area contributed by atoms with Gasteiger partial charge in [-0.25, -0.2) is 8.42 Å². The second-order valence-corrected chi connectivity index (χ2v) is 9.54. The van der Waals surface area contributed by atoms with Crippen molar-refractivity contribution in [1.29, 1.82) is 0 Å². The molecule has 0 radical (unpaired) electrons. The first kappa shape index (κ1) is 23.2. The Kier molecular flexibility index (Phi) is 7.69. The molecule has 0 unspecified atom stereocenters. The van der Waals surface area contributed by atoms with E-state index in [1.807, 2.05) is 36.7 Å². The van der Waals surface area contributed by atoms with Crippen LogP contribution in [0.15, 0.2) is 44.4 Å². The van der Waals surface area contributed by atoms with E-state index in [1.54, 1.807) is 23.5 Å². The minimum absolute atomic E-state index is 0.263. The summed E-state index contributed by atoms with van der Waals surface area (Å²) in [4.78, 5) is 6.87. The molecule has 0 fully saturated rings. The summed E-state index contributed by atoms with van der Waals surface area (Å²) in [6.07, 6.45) is 0. The fourth-order valence-electron chi connectivity index (χ4n) is 3.38. The van der Waals surface area contributed by atoms with Gasteiger partial charge in [-0.2, -0.15) is 20.6 Å². The molecule has 3 rings (SSSR count). The number of hydrogen-bond donors (Lipinski definition) is 1. The number of hydrogen-bond acceptors (Lipinski definition) is 8. The van der Waals surface area contributed by atoms with E-state index in [4.69, 9.17) is 4.52 Å². The number of benzene rings is 1. The Bertz CT molecular complexity index is 1070. The number of sulfonamides is 1. The number of thiophene rings is 1. The molecule has 8 nitrogen and oxygen atoms in total. The zero-order valence-electron chi connectivity index (χ0n) is 18.3. The Morgan fingerprint density at radius 2 is 1.81 bits per heavy atom. The summed E-state index contributed by atoms with van der Waals surface area (Å²) < 4.78 is 32.9. The van der Waals surface area contributed by atoms with Crippen LogP contribution in [-0.4, -0.2) is 49.0 Å². The Morgan fingerprint density at radius 3 is 2.42 bits per heavy atom. The first-order valence-corrected chi connectivity index (χ1v) is 12.8. The predicted octanol–water partition coefficient (Wildman–Crippen LogP) is 4.29. The predicted molar refractivity (Wildman–Crippen MR) is 125 cm³/mol. The molecule has 1 aromatic carbocycles. The van der Waals surface area contributed by atoms with Crippen LogP contribution >= 0.6 is 11.3 Å². The smallest absolute Gasteiger partial charge is 0.246 e. The Balaban J connectivity index is 1.90. The van der Waals surface area contributed by atoms with Gasteiger partial charge in [-0.05, 0) is 43.5 Å². The molecular weight excluding hydrogens is 434 g/mol.